The molecule has 1 aromatic carbocycles. The molecule has 100 valence electrons. The quantitative estimate of drug-likeness (QED) is 0.620. The van der Waals surface area contributed by atoms with Crippen LogP contribution < -0.4 is 16.0 Å². The summed E-state index contributed by atoms with van der Waals surface area (Å²) in [5.74, 6) is -2.61. The number of carboxylic acids is 1. The lowest BCUT2D eigenvalue weighted by molar-refractivity contribution is -0.139. The van der Waals surface area contributed by atoms with Crippen molar-refractivity contribution < 1.29 is 19.5 Å². The van der Waals surface area contributed by atoms with E-state index in [9.17, 15) is 14.4 Å². The van der Waals surface area contributed by atoms with Crippen molar-refractivity contribution >= 4 is 23.5 Å². The Bertz CT molecular complexity index is 544. The Labute approximate surface area is 109 Å². The average Bonchev–Trinajstić information content (AvgIpc) is 2.41. The van der Waals surface area contributed by atoms with Gasteiger partial charge in [0, 0.05) is 24.3 Å². The summed E-state index contributed by atoms with van der Waals surface area (Å²) in [5, 5.41) is 11.4. The van der Waals surface area contributed by atoms with Crippen molar-refractivity contribution in [2.75, 3.05) is 18.0 Å². The number of anilines is 1. The van der Waals surface area contributed by atoms with Crippen LogP contribution in [-0.2, 0) is 14.4 Å². The van der Waals surface area contributed by atoms with Crippen LogP contribution in [0.3, 0.4) is 0 Å². The minimum absolute atomic E-state index is 0.286. The number of hydrogen-bond acceptors (Lipinski definition) is 4. The summed E-state index contributed by atoms with van der Waals surface area (Å²) in [7, 11) is 0. The zero-order valence-electron chi connectivity index (χ0n) is 10.00. The summed E-state index contributed by atoms with van der Waals surface area (Å²) in [6, 6.07) is 5.17. The van der Waals surface area contributed by atoms with Gasteiger partial charge >= 0.3 is 17.8 Å². The molecule has 4 N–H and O–H groups in total. The molecular formula is C12H13N3O4. The molecule has 1 aromatic rings. The van der Waals surface area contributed by atoms with Crippen molar-refractivity contribution in [3.8, 4) is 0 Å². The van der Waals surface area contributed by atoms with Crippen LogP contribution in [-0.4, -0.2) is 36.0 Å². The zero-order valence-corrected chi connectivity index (χ0v) is 10.00. The minimum Gasteiger partial charge on any atom is -0.480 e. The summed E-state index contributed by atoms with van der Waals surface area (Å²) >= 11 is 0. The van der Waals surface area contributed by atoms with Gasteiger partial charge < -0.3 is 21.1 Å². The van der Waals surface area contributed by atoms with E-state index in [1.807, 2.05) is 0 Å². The predicted molar refractivity (Wildman–Crippen MR) is 66.4 cm³/mol. The number of para-hydroxylation sites is 1. The molecule has 0 bridgehead atoms. The van der Waals surface area contributed by atoms with Crippen molar-refractivity contribution in [3.63, 3.8) is 0 Å². The number of carbonyl (C=O) groups excluding carboxylic acids is 2. The highest BCUT2D eigenvalue weighted by atomic mass is 16.4. The molecule has 1 heterocycles. The molecule has 1 fully saturated rings. The van der Waals surface area contributed by atoms with E-state index in [1.165, 1.54) is 11.0 Å². The van der Waals surface area contributed by atoms with Gasteiger partial charge in [0.2, 0.25) is 0 Å². The maximum absolute atomic E-state index is 11.8. The molecule has 7 heteroatoms. The van der Waals surface area contributed by atoms with E-state index in [-0.39, 0.29) is 6.54 Å². The number of rotatable bonds is 3. The molecule has 0 aromatic heterocycles. The molecule has 0 saturated carbocycles. The summed E-state index contributed by atoms with van der Waals surface area (Å²) in [6.07, 6.45) is 0. The van der Waals surface area contributed by atoms with Crippen LogP contribution in [0.15, 0.2) is 24.3 Å². The first-order chi connectivity index (χ1) is 9.02. The molecule has 2 amide bonds. The third kappa shape index (κ3) is 2.41. The highest BCUT2D eigenvalue weighted by molar-refractivity contribution is 6.41. The SMILES string of the molecule is NC(C(=O)O)c1ccccc1N1CCNC(=O)C1=O. The number of nitrogens with zero attached hydrogens (tertiary/aromatic N) is 1. The Morgan fingerprint density at radius 1 is 1.37 bits per heavy atom. The maximum Gasteiger partial charge on any atom is 0.325 e. The van der Waals surface area contributed by atoms with Gasteiger partial charge in [-0.15, -0.1) is 0 Å². The van der Waals surface area contributed by atoms with E-state index in [0.717, 1.165) is 0 Å². The molecule has 1 saturated heterocycles. The second-order valence-electron chi connectivity index (χ2n) is 4.09. The third-order valence-corrected chi connectivity index (χ3v) is 2.89. The molecule has 7 nitrogen and oxygen atoms in total. The van der Waals surface area contributed by atoms with Gasteiger partial charge in [-0.05, 0) is 6.07 Å². The molecule has 1 aliphatic rings. The van der Waals surface area contributed by atoms with Crippen molar-refractivity contribution in [3.05, 3.63) is 29.8 Å². The lowest BCUT2D eigenvalue weighted by Gasteiger charge is -2.29. The van der Waals surface area contributed by atoms with E-state index < -0.39 is 23.8 Å². The van der Waals surface area contributed by atoms with Crippen molar-refractivity contribution in [2.24, 2.45) is 5.73 Å². The Morgan fingerprint density at radius 2 is 2.05 bits per heavy atom. The fourth-order valence-corrected chi connectivity index (χ4v) is 1.94. The van der Waals surface area contributed by atoms with Gasteiger partial charge in [0.25, 0.3) is 0 Å². The lowest BCUT2D eigenvalue weighted by Crippen LogP contribution is -2.52. The topological polar surface area (TPSA) is 113 Å². The minimum atomic E-state index is -1.24. The van der Waals surface area contributed by atoms with E-state index in [2.05, 4.69) is 5.32 Å². The predicted octanol–water partition coefficient (Wildman–Crippen LogP) is -0.766. The van der Waals surface area contributed by atoms with Gasteiger partial charge in [-0.1, -0.05) is 18.2 Å². The molecule has 2 rings (SSSR count). The smallest absolute Gasteiger partial charge is 0.325 e. The average molecular weight is 263 g/mol. The lowest BCUT2D eigenvalue weighted by atomic mass is 10.0. The summed E-state index contributed by atoms with van der Waals surface area (Å²) in [4.78, 5) is 35.4. The monoisotopic (exact) mass is 263 g/mol. The molecule has 0 radical (unpaired) electrons. The van der Waals surface area contributed by atoms with Crippen LogP contribution in [0.2, 0.25) is 0 Å². The Morgan fingerprint density at radius 3 is 2.74 bits per heavy atom. The van der Waals surface area contributed by atoms with E-state index in [0.29, 0.717) is 17.8 Å². The van der Waals surface area contributed by atoms with Crippen molar-refractivity contribution in [1.29, 1.82) is 0 Å². The van der Waals surface area contributed by atoms with E-state index >= 15 is 0 Å². The number of amides is 2. The first-order valence-corrected chi connectivity index (χ1v) is 5.69. The van der Waals surface area contributed by atoms with Crippen molar-refractivity contribution in [2.45, 2.75) is 6.04 Å². The van der Waals surface area contributed by atoms with Gasteiger partial charge in [0.15, 0.2) is 0 Å². The van der Waals surface area contributed by atoms with E-state index in [4.69, 9.17) is 10.8 Å². The molecule has 1 aliphatic heterocycles. The van der Waals surface area contributed by atoms with Crippen LogP contribution in [0, 0.1) is 0 Å². The van der Waals surface area contributed by atoms with Gasteiger partial charge in [0.05, 0.1) is 0 Å². The number of nitrogens with two attached hydrogens (primary N) is 1. The molecule has 1 unspecified atom stereocenters. The number of aliphatic carboxylic acids is 1. The molecular weight excluding hydrogens is 250 g/mol. The van der Waals surface area contributed by atoms with Crippen LogP contribution >= 0.6 is 0 Å². The van der Waals surface area contributed by atoms with Gasteiger partial charge in [-0.25, -0.2) is 0 Å². The Kier molecular flexibility index (Phi) is 3.48. The van der Waals surface area contributed by atoms with Crippen LogP contribution in [0.1, 0.15) is 11.6 Å². The summed E-state index contributed by atoms with van der Waals surface area (Å²) < 4.78 is 0. The second-order valence-corrected chi connectivity index (χ2v) is 4.09. The molecule has 1 atom stereocenters. The van der Waals surface area contributed by atoms with Crippen molar-refractivity contribution in [1.82, 2.24) is 5.32 Å². The first-order valence-electron chi connectivity index (χ1n) is 5.69. The Balaban J connectivity index is 2.42. The Hall–Kier alpha value is -2.41. The highest BCUT2D eigenvalue weighted by Crippen LogP contribution is 2.26. The van der Waals surface area contributed by atoms with Crippen LogP contribution in [0.4, 0.5) is 5.69 Å². The van der Waals surface area contributed by atoms with Crippen LogP contribution in [0.25, 0.3) is 0 Å². The summed E-state index contributed by atoms with van der Waals surface area (Å²) in [6.45, 7) is 0.606. The largest absolute Gasteiger partial charge is 0.480 e. The fraction of sp³-hybridized carbons (Fsp3) is 0.250. The summed E-state index contributed by atoms with van der Waals surface area (Å²) in [5.41, 5.74) is 6.25. The first kappa shape index (κ1) is 13.0. The maximum atomic E-state index is 11.8. The number of piperazine rings is 1. The van der Waals surface area contributed by atoms with Gasteiger partial charge in [0.1, 0.15) is 6.04 Å². The fourth-order valence-electron chi connectivity index (χ4n) is 1.94. The third-order valence-electron chi connectivity index (χ3n) is 2.89. The van der Waals surface area contributed by atoms with E-state index in [1.54, 1.807) is 18.2 Å². The van der Waals surface area contributed by atoms with Gasteiger partial charge in [-0.2, -0.15) is 0 Å². The normalized spacial score (nSPS) is 17.0. The molecule has 0 spiro atoms. The number of benzene rings is 1. The van der Waals surface area contributed by atoms with Gasteiger partial charge in [-0.3, -0.25) is 14.4 Å². The molecule has 19 heavy (non-hydrogen) atoms. The second kappa shape index (κ2) is 5.07. The van der Waals surface area contributed by atoms with Crippen LogP contribution in [0.5, 0.6) is 0 Å². The highest BCUT2D eigenvalue weighted by Gasteiger charge is 2.30. The number of carbonyl (C=O) groups is 3. The standard InChI is InChI=1S/C12H13N3O4/c13-9(12(18)19)7-3-1-2-4-8(7)15-6-5-14-10(16)11(15)17/h1-4,9H,5-6,13H2,(H,14,16)(H,18,19). The molecule has 0 aliphatic carbocycles. The zero-order chi connectivity index (χ0) is 14.0. The number of hydrogen-bond donors (Lipinski definition) is 3. The number of carboxylic acid groups (broad SMARTS) is 1. The number of nitrogens with one attached hydrogen (secondary N) is 1.